The number of aromatic nitrogens is 2. The molecular formula is C6H6F3N3O2. The van der Waals surface area contributed by atoms with E-state index in [-0.39, 0.29) is 0 Å². The third kappa shape index (κ3) is 2.21. The van der Waals surface area contributed by atoms with E-state index >= 15 is 0 Å². The van der Waals surface area contributed by atoms with Gasteiger partial charge in [0.25, 0.3) is 0 Å². The first-order valence-corrected chi connectivity index (χ1v) is 3.52. The highest BCUT2D eigenvalue weighted by atomic mass is 19.4. The number of hydrogen-bond acceptors (Lipinski definition) is 3. The van der Waals surface area contributed by atoms with Crippen molar-refractivity contribution in [1.29, 1.82) is 0 Å². The van der Waals surface area contributed by atoms with Crippen LogP contribution in [0.4, 0.5) is 13.2 Å². The molecule has 0 radical (unpaired) electrons. The first-order chi connectivity index (χ1) is 6.30. The molecule has 1 heterocycles. The molecule has 1 aromatic heterocycles. The Hall–Kier alpha value is -1.60. The van der Waals surface area contributed by atoms with Gasteiger partial charge in [-0.05, 0) is 0 Å². The highest BCUT2D eigenvalue weighted by Crippen LogP contribution is 2.30. The van der Waals surface area contributed by atoms with Crippen LogP contribution < -0.4 is 0 Å². The average Bonchev–Trinajstić information content (AvgIpc) is 2.28. The van der Waals surface area contributed by atoms with E-state index in [4.69, 9.17) is 0 Å². The lowest BCUT2D eigenvalue weighted by Crippen LogP contribution is -2.11. The molecule has 8 heteroatoms. The fourth-order valence-corrected chi connectivity index (χ4v) is 1.03. The number of nitro groups is 1. The Labute approximate surface area is 76.3 Å². The van der Waals surface area contributed by atoms with Gasteiger partial charge in [0.2, 0.25) is 6.54 Å². The quantitative estimate of drug-likeness (QED) is 0.543. The van der Waals surface area contributed by atoms with Gasteiger partial charge in [0.05, 0.1) is 5.56 Å². The molecule has 0 saturated heterocycles. The van der Waals surface area contributed by atoms with Crippen molar-refractivity contribution in [3.63, 3.8) is 0 Å². The maximum Gasteiger partial charge on any atom is 0.435 e. The van der Waals surface area contributed by atoms with Crippen LogP contribution in [0.15, 0.2) is 6.20 Å². The summed E-state index contributed by atoms with van der Waals surface area (Å²) < 4.78 is 37.5. The first kappa shape index (κ1) is 10.5. The van der Waals surface area contributed by atoms with Crippen molar-refractivity contribution >= 4 is 0 Å². The zero-order valence-electron chi connectivity index (χ0n) is 7.08. The monoisotopic (exact) mass is 209 g/mol. The number of hydrogen-bond donors (Lipinski definition) is 0. The molecule has 5 nitrogen and oxygen atoms in total. The topological polar surface area (TPSA) is 61.0 Å². The van der Waals surface area contributed by atoms with Crippen molar-refractivity contribution in [2.24, 2.45) is 7.05 Å². The van der Waals surface area contributed by atoms with Gasteiger partial charge < -0.3 is 0 Å². The average molecular weight is 209 g/mol. The van der Waals surface area contributed by atoms with Gasteiger partial charge in [-0.25, -0.2) is 0 Å². The molecule has 1 rings (SSSR count). The van der Waals surface area contributed by atoms with Gasteiger partial charge in [-0.1, -0.05) is 0 Å². The third-order valence-corrected chi connectivity index (χ3v) is 1.47. The molecule has 0 spiro atoms. The molecule has 0 aliphatic carbocycles. The molecule has 0 fully saturated rings. The van der Waals surface area contributed by atoms with Crippen LogP contribution in [0.2, 0.25) is 0 Å². The van der Waals surface area contributed by atoms with E-state index in [9.17, 15) is 23.3 Å². The van der Waals surface area contributed by atoms with Crippen molar-refractivity contribution in [2.45, 2.75) is 12.7 Å². The van der Waals surface area contributed by atoms with Crippen molar-refractivity contribution < 1.29 is 18.1 Å². The smallest absolute Gasteiger partial charge is 0.275 e. The van der Waals surface area contributed by atoms with Gasteiger partial charge in [-0.15, -0.1) is 0 Å². The predicted octanol–water partition coefficient (Wildman–Crippen LogP) is 1.22. The number of alkyl halides is 3. The van der Waals surface area contributed by atoms with Crippen molar-refractivity contribution in [3.8, 4) is 0 Å². The molecular weight excluding hydrogens is 203 g/mol. The summed E-state index contributed by atoms with van der Waals surface area (Å²) in [4.78, 5) is 9.23. The SMILES string of the molecule is Cn1cc(C[N+](=O)[O-])c(C(F)(F)F)n1. The molecule has 0 aromatic carbocycles. The summed E-state index contributed by atoms with van der Waals surface area (Å²) in [5.41, 5.74) is -1.62. The Morgan fingerprint density at radius 2 is 2.21 bits per heavy atom. The summed E-state index contributed by atoms with van der Waals surface area (Å²) in [5.74, 6) is 0. The van der Waals surface area contributed by atoms with E-state index in [0.717, 1.165) is 10.9 Å². The van der Waals surface area contributed by atoms with E-state index in [0.29, 0.717) is 0 Å². The summed E-state index contributed by atoms with van der Waals surface area (Å²) in [7, 11) is 1.28. The molecule has 78 valence electrons. The van der Waals surface area contributed by atoms with E-state index in [1.54, 1.807) is 0 Å². The Balaban J connectivity index is 3.09. The fraction of sp³-hybridized carbons (Fsp3) is 0.500. The molecule has 0 aliphatic heterocycles. The minimum Gasteiger partial charge on any atom is -0.275 e. The van der Waals surface area contributed by atoms with Crippen LogP contribution in [0.25, 0.3) is 0 Å². The Bertz CT molecular complexity index is 358. The molecule has 0 unspecified atom stereocenters. The Morgan fingerprint density at radius 3 is 2.64 bits per heavy atom. The maximum absolute atomic E-state index is 12.2. The highest BCUT2D eigenvalue weighted by molar-refractivity contribution is 5.18. The minimum atomic E-state index is -4.65. The predicted molar refractivity (Wildman–Crippen MR) is 38.9 cm³/mol. The van der Waals surface area contributed by atoms with E-state index in [2.05, 4.69) is 5.10 Å². The van der Waals surface area contributed by atoms with Crippen molar-refractivity contribution in [2.75, 3.05) is 0 Å². The summed E-state index contributed by atoms with van der Waals surface area (Å²) in [6, 6.07) is 0. The summed E-state index contributed by atoms with van der Waals surface area (Å²) in [5, 5.41) is 13.2. The van der Waals surface area contributed by atoms with Gasteiger partial charge in [-0.2, -0.15) is 18.3 Å². The first-order valence-electron chi connectivity index (χ1n) is 3.52. The summed E-state index contributed by atoms with van der Waals surface area (Å²) >= 11 is 0. The second-order valence-electron chi connectivity index (χ2n) is 2.67. The largest absolute Gasteiger partial charge is 0.435 e. The van der Waals surface area contributed by atoms with Gasteiger partial charge in [0, 0.05) is 18.2 Å². The van der Waals surface area contributed by atoms with Crippen molar-refractivity contribution in [1.82, 2.24) is 9.78 Å². The summed E-state index contributed by atoms with van der Waals surface area (Å²) in [6.07, 6.45) is -3.65. The van der Waals surface area contributed by atoms with Crippen LogP contribution in [0.5, 0.6) is 0 Å². The zero-order valence-corrected chi connectivity index (χ0v) is 7.08. The van der Waals surface area contributed by atoms with E-state index < -0.39 is 28.9 Å². The lowest BCUT2D eigenvalue weighted by Gasteiger charge is -2.02. The zero-order chi connectivity index (χ0) is 10.9. The van der Waals surface area contributed by atoms with Gasteiger partial charge >= 0.3 is 6.18 Å². The van der Waals surface area contributed by atoms with Crippen LogP contribution in [-0.2, 0) is 19.8 Å². The molecule has 14 heavy (non-hydrogen) atoms. The normalized spacial score (nSPS) is 11.7. The second kappa shape index (κ2) is 3.28. The van der Waals surface area contributed by atoms with Gasteiger partial charge in [0.1, 0.15) is 0 Å². The maximum atomic E-state index is 12.2. The minimum absolute atomic E-state index is 0.426. The number of nitrogens with zero attached hydrogens (tertiary/aromatic N) is 3. The van der Waals surface area contributed by atoms with E-state index in [1.807, 2.05) is 0 Å². The van der Waals surface area contributed by atoms with Crippen LogP contribution in [0.3, 0.4) is 0 Å². The molecule has 0 aliphatic rings. The van der Waals surface area contributed by atoms with Crippen LogP contribution >= 0.6 is 0 Å². The Kier molecular flexibility index (Phi) is 2.45. The number of rotatable bonds is 2. The molecule has 0 amide bonds. The fourth-order valence-electron chi connectivity index (χ4n) is 1.03. The van der Waals surface area contributed by atoms with E-state index in [1.165, 1.54) is 7.05 Å². The second-order valence-corrected chi connectivity index (χ2v) is 2.67. The van der Waals surface area contributed by atoms with Crippen LogP contribution in [0, 0.1) is 10.1 Å². The molecule has 0 bridgehead atoms. The summed E-state index contributed by atoms with van der Waals surface area (Å²) in [6.45, 7) is -0.872. The number of aryl methyl sites for hydroxylation is 1. The van der Waals surface area contributed by atoms with Crippen LogP contribution in [0.1, 0.15) is 11.3 Å². The standard InChI is InChI=1S/C6H6F3N3O2/c1-11-2-4(3-12(13)14)5(10-11)6(7,8)9/h2H,3H2,1H3. The van der Waals surface area contributed by atoms with Crippen LogP contribution in [-0.4, -0.2) is 14.7 Å². The highest BCUT2D eigenvalue weighted by Gasteiger charge is 2.38. The van der Waals surface area contributed by atoms with Crippen molar-refractivity contribution in [3.05, 3.63) is 27.6 Å². The molecule has 0 atom stereocenters. The van der Waals surface area contributed by atoms with Gasteiger partial charge in [-0.3, -0.25) is 14.8 Å². The molecule has 0 saturated carbocycles. The lowest BCUT2D eigenvalue weighted by atomic mass is 10.2. The molecule has 0 N–H and O–H groups in total. The molecule has 1 aromatic rings. The third-order valence-electron chi connectivity index (χ3n) is 1.47. The van der Waals surface area contributed by atoms with Gasteiger partial charge in [0.15, 0.2) is 5.69 Å². The Morgan fingerprint density at radius 1 is 1.64 bits per heavy atom. The number of halogens is 3. The lowest BCUT2D eigenvalue weighted by molar-refractivity contribution is -0.497.